The largest absolute Gasteiger partial charge is 0.352 e. The summed E-state index contributed by atoms with van der Waals surface area (Å²) in [4.78, 5) is 16.0. The molecular formula is C16H16FN3O. The Balaban J connectivity index is 1.64. The van der Waals surface area contributed by atoms with Crippen molar-refractivity contribution < 1.29 is 9.18 Å². The van der Waals surface area contributed by atoms with Crippen molar-refractivity contribution in [1.29, 1.82) is 0 Å². The highest BCUT2D eigenvalue weighted by atomic mass is 19.1. The lowest BCUT2D eigenvalue weighted by atomic mass is 9.85. The number of aromatic nitrogens is 1. The molecule has 108 valence electrons. The predicted molar refractivity (Wildman–Crippen MR) is 79.9 cm³/mol. The molecule has 0 radical (unpaired) electrons. The molecule has 3 rings (SSSR count). The van der Waals surface area contributed by atoms with Gasteiger partial charge in [-0.1, -0.05) is 18.6 Å². The number of anilines is 3. The number of rotatable bonds is 4. The number of para-hydroxylation sites is 1. The number of amides is 1. The van der Waals surface area contributed by atoms with Gasteiger partial charge in [0.1, 0.15) is 11.6 Å². The van der Waals surface area contributed by atoms with Crippen molar-refractivity contribution in [3.8, 4) is 0 Å². The van der Waals surface area contributed by atoms with Crippen molar-refractivity contribution >= 4 is 23.1 Å². The number of halogens is 1. The quantitative estimate of drug-likeness (QED) is 0.900. The Kier molecular flexibility index (Phi) is 3.81. The van der Waals surface area contributed by atoms with Gasteiger partial charge in [0.05, 0.1) is 17.6 Å². The number of pyridine rings is 1. The van der Waals surface area contributed by atoms with Gasteiger partial charge < -0.3 is 10.6 Å². The van der Waals surface area contributed by atoms with Gasteiger partial charge in [0.2, 0.25) is 5.91 Å². The van der Waals surface area contributed by atoms with Gasteiger partial charge in [-0.2, -0.15) is 0 Å². The minimum Gasteiger partial charge on any atom is -0.352 e. The van der Waals surface area contributed by atoms with Crippen LogP contribution in [0.25, 0.3) is 0 Å². The Bertz CT molecular complexity index is 638. The van der Waals surface area contributed by atoms with E-state index in [1.807, 2.05) is 0 Å². The monoisotopic (exact) mass is 285 g/mol. The third-order valence-electron chi connectivity index (χ3n) is 3.64. The van der Waals surface area contributed by atoms with Gasteiger partial charge in [-0.15, -0.1) is 0 Å². The second-order valence-electron chi connectivity index (χ2n) is 5.15. The average molecular weight is 285 g/mol. The van der Waals surface area contributed by atoms with E-state index in [2.05, 4.69) is 15.6 Å². The predicted octanol–water partition coefficient (Wildman–Crippen LogP) is 3.70. The molecule has 1 aliphatic rings. The summed E-state index contributed by atoms with van der Waals surface area (Å²) < 4.78 is 13.5. The third-order valence-corrected chi connectivity index (χ3v) is 3.64. The maximum absolute atomic E-state index is 13.5. The molecule has 0 spiro atoms. The number of hydrogen-bond acceptors (Lipinski definition) is 3. The van der Waals surface area contributed by atoms with Gasteiger partial charge in [-0.25, -0.2) is 9.37 Å². The van der Waals surface area contributed by atoms with Gasteiger partial charge in [0.15, 0.2) is 0 Å². The van der Waals surface area contributed by atoms with Crippen molar-refractivity contribution in [3.63, 3.8) is 0 Å². The molecule has 2 aromatic rings. The molecule has 5 heteroatoms. The first kappa shape index (κ1) is 13.5. The minimum atomic E-state index is -0.320. The molecule has 2 N–H and O–H groups in total. The first-order valence-corrected chi connectivity index (χ1v) is 7.01. The van der Waals surface area contributed by atoms with Crippen LogP contribution in [0, 0.1) is 11.7 Å². The summed E-state index contributed by atoms with van der Waals surface area (Å²) in [5.74, 6) is 0.359. The molecule has 1 fully saturated rings. The van der Waals surface area contributed by atoms with E-state index in [-0.39, 0.29) is 17.6 Å². The van der Waals surface area contributed by atoms with Crippen LogP contribution in [0.15, 0.2) is 42.6 Å². The van der Waals surface area contributed by atoms with Gasteiger partial charge in [-0.3, -0.25) is 4.79 Å². The van der Waals surface area contributed by atoms with E-state index in [4.69, 9.17) is 0 Å². The first-order valence-electron chi connectivity index (χ1n) is 7.01. The average Bonchev–Trinajstić information content (AvgIpc) is 2.41. The van der Waals surface area contributed by atoms with Crippen LogP contribution in [0.1, 0.15) is 19.3 Å². The van der Waals surface area contributed by atoms with Crippen LogP contribution in [0.4, 0.5) is 21.6 Å². The highest BCUT2D eigenvalue weighted by Crippen LogP contribution is 2.27. The Labute approximate surface area is 122 Å². The van der Waals surface area contributed by atoms with E-state index < -0.39 is 0 Å². The van der Waals surface area contributed by atoms with E-state index in [1.54, 1.807) is 36.5 Å². The molecule has 1 saturated carbocycles. The highest BCUT2D eigenvalue weighted by Gasteiger charge is 2.25. The molecule has 0 unspecified atom stereocenters. The maximum atomic E-state index is 13.5. The van der Waals surface area contributed by atoms with E-state index in [0.29, 0.717) is 17.2 Å². The summed E-state index contributed by atoms with van der Waals surface area (Å²) in [7, 11) is 0. The highest BCUT2D eigenvalue weighted by molar-refractivity contribution is 5.92. The van der Waals surface area contributed by atoms with Crippen molar-refractivity contribution in [2.45, 2.75) is 19.3 Å². The van der Waals surface area contributed by atoms with Gasteiger partial charge >= 0.3 is 0 Å². The van der Waals surface area contributed by atoms with Crippen LogP contribution < -0.4 is 10.6 Å². The fraction of sp³-hybridized carbons (Fsp3) is 0.250. The molecule has 21 heavy (non-hydrogen) atoms. The summed E-state index contributed by atoms with van der Waals surface area (Å²) in [6, 6.07) is 9.91. The number of nitrogens with one attached hydrogen (secondary N) is 2. The smallest absolute Gasteiger partial charge is 0.228 e. The van der Waals surface area contributed by atoms with Crippen LogP contribution in [-0.2, 0) is 4.79 Å². The lowest BCUT2D eigenvalue weighted by Crippen LogP contribution is -2.28. The zero-order valence-corrected chi connectivity index (χ0v) is 11.5. The first-order chi connectivity index (χ1) is 10.2. The zero-order valence-electron chi connectivity index (χ0n) is 11.5. The van der Waals surface area contributed by atoms with Gasteiger partial charge in [-0.05, 0) is 37.1 Å². The molecule has 1 aromatic heterocycles. The van der Waals surface area contributed by atoms with E-state index in [9.17, 15) is 9.18 Å². The number of carbonyl (C=O) groups excluding carboxylic acids is 1. The molecule has 1 heterocycles. The number of benzene rings is 1. The van der Waals surface area contributed by atoms with Crippen LogP contribution in [-0.4, -0.2) is 10.9 Å². The Morgan fingerprint density at radius 3 is 2.62 bits per heavy atom. The van der Waals surface area contributed by atoms with Crippen LogP contribution >= 0.6 is 0 Å². The molecule has 0 atom stereocenters. The lowest BCUT2D eigenvalue weighted by molar-refractivity contribution is -0.122. The van der Waals surface area contributed by atoms with Crippen molar-refractivity contribution in [2.75, 3.05) is 10.6 Å². The van der Waals surface area contributed by atoms with Crippen molar-refractivity contribution in [2.24, 2.45) is 5.92 Å². The minimum absolute atomic E-state index is 0.0311. The summed E-state index contributed by atoms with van der Waals surface area (Å²) in [6.45, 7) is 0. The third kappa shape index (κ3) is 3.18. The normalized spacial score (nSPS) is 14.3. The topological polar surface area (TPSA) is 54.0 Å². The molecule has 0 saturated heterocycles. The Hall–Kier alpha value is -2.43. The standard InChI is InChI=1S/C16H16FN3O/c17-13-6-1-2-7-14(13)19-12-8-9-15(18-10-12)20-16(21)11-4-3-5-11/h1-2,6-11,19H,3-5H2,(H,18,20,21). The number of carbonyl (C=O) groups is 1. The van der Waals surface area contributed by atoms with Crippen molar-refractivity contribution in [3.05, 3.63) is 48.4 Å². The SMILES string of the molecule is O=C(Nc1ccc(Nc2ccccc2F)cn1)C1CCC1. The van der Waals surface area contributed by atoms with Gasteiger partial charge in [0.25, 0.3) is 0 Å². The van der Waals surface area contributed by atoms with E-state index >= 15 is 0 Å². The molecule has 4 nitrogen and oxygen atoms in total. The molecule has 1 aliphatic carbocycles. The molecule has 0 bridgehead atoms. The Morgan fingerprint density at radius 1 is 1.19 bits per heavy atom. The summed E-state index contributed by atoms with van der Waals surface area (Å²) in [5, 5.41) is 5.74. The second-order valence-corrected chi connectivity index (χ2v) is 5.15. The zero-order chi connectivity index (χ0) is 14.7. The second kappa shape index (κ2) is 5.91. The molecular weight excluding hydrogens is 269 g/mol. The summed E-state index contributed by atoms with van der Waals surface area (Å²) >= 11 is 0. The molecule has 1 aromatic carbocycles. The lowest BCUT2D eigenvalue weighted by Gasteiger charge is -2.23. The van der Waals surface area contributed by atoms with Gasteiger partial charge in [0, 0.05) is 5.92 Å². The number of hydrogen-bond donors (Lipinski definition) is 2. The van der Waals surface area contributed by atoms with E-state index in [1.165, 1.54) is 6.07 Å². The summed E-state index contributed by atoms with van der Waals surface area (Å²) in [5.41, 5.74) is 1.06. The van der Waals surface area contributed by atoms with E-state index in [0.717, 1.165) is 19.3 Å². The fourth-order valence-corrected chi connectivity index (χ4v) is 2.16. The van der Waals surface area contributed by atoms with Crippen molar-refractivity contribution in [1.82, 2.24) is 4.98 Å². The fourth-order valence-electron chi connectivity index (χ4n) is 2.16. The summed E-state index contributed by atoms with van der Waals surface area (Å²) in [6.07, 6.45) is 4.61. The molecule has 1 amide bonds. The van der Waals surface area contributed by atoms with Crippen LogP contribution in [0.5, 0.6) is 0 Å². The maximum Gasteiger partial charge on any atom is 0.228 e. The Morgan fingerprint density at radius 2 is 2.00 bits per heavy atom. The van der Waals surface area contributed by atoms with Crippen LogP contribution in [0.3, 0.4) is 0 Å². The van der Waals surface area contributed by atoms with Crippen LogP contribution in [0.2, 0.25) is 0 Å². The number of nitrogens with zero attached hydrogens (tertiary/aromatic N) is 1. The molecule has 0 aliphatic heterocycles.